The minimum absolute atomic E-state index is 0.262. The lowest BCUT2D eigenvalue weighted by molar-refractivity contribution is -0.162. The molecule has 0 spiro atoms. The second-order valence-electron chi connectivity index (χ2n) is 6.57. The van der Waals surface area contributed by atoms with Crippen molar-refractivity contribution in [3.63, 3.8) is 0 Å². The smallest absolute Gasteiger partial charge is 0.192 e. The van der Waals surface area contributed by atoms with Gasteiger partial charge in [-0.1, -0.05) is 0 Å². The Balaban J connectivity index is 3.39. The number of nitrogens with zero attached hydrogens (tertiary/aromatic N) is 7. The molecule has 0 aliphatic heterocycles. The van der Waals surface area contributed by atoms with E-state index in [1.165, 1.54) is 18.2 Å². The minimum Gasteiger partial charge on any atom is -0.192 e. The number of rotatable bonds is 1. The Hall–Kier alpha value is -5.81. The van der Waals surface area contributed by atoms with Gasteiger partial charge in [-0.15, -0.1) is 0 Å². The SMILES string of the molecule is N#CC(C#N)=c1cc(C#N)/c(=C(\C#N)c2cc(C#N)c(C(F)(F)F)c(C(F)(F)F)c2C#N)cc1C#N. The fourth-order valence-electron chi connectivity index (χ4n) is 3.27. The first kappa shape index (κ1) is 26.4. The first-order valence-electron chi connectivity index (χ1n) is 8.93. The van der Waals surface area contributed by atoms with Crippen molar-refractivity contribution in [3.8, 4) is 42.5 Å². The van der Waals surface area contributed by atoms with Crippen molar-refractivity contribution in [1.82, 2.24) is 0 Å². The zero-order valence-corrected chi connectivity index (χ0v) is 17.1. The Bertz CT molecular complexity index is 1720. The standard InChI is InChI=1S/C23H3F6N7/c24-22(25,26)20-13(6-32)3-17(19(10-36)21(20)23(27,28)29)18(9-35)16-2-11(4-30)15(1-12(16)5-31)14(7-33)8-34/h1-3H/b18-16+. The first-order valence-corrected chi connectivity index (χ1v) is 8.93. The van der Waals surface area contributed by atoms with Crippen LogP contribution < -0.4 is 10.4 Å². The van der Waals surface area contributed by atoms with E-state index >= 15 is 0 Å². The molecule has 2 rings (SSSR count). The van der Waals surface area contributed by atoms with Crippen LogP contribution in [0.2, 0.25) is 0 Å². The molecule has 0 unspecified atom stereocenters. The molecule has 0 N–H and O–H groups in total. The maximum atomic E-state index is 13.8. The molecule has 0 aliphatic carbocycles. The highest BCUT2D eigenvalue weighted by atomic mass is 19.4. The van der Waals surface area contributed by atoms with Gasteiger partial charge in [0.1, 0.15) is 29.8 Å². The molecular formula is C23H3F6N7. The molecule has 0 amide bonds. The van der Waals surface area contributed by atoms with E-state index in [4.69, 9.17) is 15.8 Å². The molecule has 0 aromatic heterocycles. The molecule has 2 aromatic rings. The molecule has 0 bridgehead atoms. The number of alkyl halides is 6. The third-order valence-electron chi connectivity index (χ3n) is 4.67. The number of nitriles is 7. The Kier molecular flexibility index (Phi) is 7.04. The fraction of sp³-hybridized carbons (Fsp3) is 0.0870. The van der Waals surface area contributed by atoms with Crippen LogP contribution in [0.1, 0.15) is 38.9 Å². The number of benzene rings is 2. The lowest BCUT2D eigenvalue weighted by atomic mass is 9.87. The molecule has 13 heteroatoms. The van der Waals surface area contributed by atoms with Crippen LogP contribution in [0.4, 0.5) is 26.3 Å². The van der Waals surface area contributed by atoms with Gasteiger partial charge in [0.05, 0.1) is 57.2 Å². The van der Waals surface area contributed by atoms with Gasteiger partial charge in [0.2, 0.25) is 0 Å². The van der Waals surface area contributed by atoms with Crippen LogP contribution in [0.25, 0.3) is 11.1 Å². The van der Waals surface area contributed by atoms with Gasteiger partial charge < -0.3 is 0 Å². The molecule has 0 radical (unpaired) electrons. The summed E-state index contributed by atoms with van der Waals surface area (Å²) in [6.07, 6.45) is -11.5. The van der Waals surface area contributed by atoms with Crippen molar-refractivity contribution < 1.29 is 26.3 Å². The van der Waals surface area contributed by atoms with Crippen LogP contribution >= 0.6 is 0 Å². The third-order valence-corrected chi connectivity index (χ3v) is 4.67. The summed E-state index contributed by atoms with van der Waals surface area (Å²) in [5, 5.41) is 64.4. The topological polar surface area (TPSA) is 167 Å². The van der Waals surface area contributed by atoms with Gasteiger partial charge in [-0.05, 0) is 18.2 Å². The van der Waals surface area contributed by atoms with Crippen molar-refractivity contribution in [3.05, 3.63) is 67.6 Å². The summed E-state index contributed by atoms with van der Waals surface area (Å²) in [6.45, 7) is 0. The molecule has 7 nitrogen and oxygen atoms in total. The second kappa shape index (κ2) is 9.59. The molecule has 0 heterocycles. The van der Waals surface area contributed by atoms with E-state index in [2.05, 4.69) is 0 Å². The molecule has 2 aromatic carbocycles. The highest BCUT2D eigenvalue weighted by Gasteiger charge is 2.48. The van der Waals surface area contributed by atoms with Gasteiger partial charge in [-0.3, -0.25) is 0 Å². The summed E-state index contributed by atoms with van der Waals surface area (Å²) in [5.74, 6) is 0. The van der Waals surface area contributed by atoms with Crippen molar-refractivity contribution in [2.75, 3.05) is 0 Å². The molecule has 0 saturated carbocycles. The van der Waals surface area contributed by atoms with Crippen LogP contribution in [-0.4, -0.2) is 0 Å². The zero-order valence-electron chi connectivity index (χ0n) is 17.1. The molecule has 0 aliphatic rings. The van der Waals surface area contributed by atoms with E-state index in [1.54, 1.807) is 12.1 Å². The van der Waals surface area contributed by atoms with Gasteiger partial charge in [-0.25, -0.2) is 0 Å². The summed E-state index contributed by atoms with van der Waals surface area (Å²) < 4.78 is 81.8. The largest absolute Gasteiger partial charge is 0.418 e. The predicted molar refractivity (Wildman–Crippen MR) is 104 cm³/mol. The van der Waals surface area contributed by atoms with E-state index in [0.29, 0.717) is 0 Å². The van der Waals surface area contributed by atoms with E-state index in [1.807, 2.05) is 0 Å². The monoisotopic (exact) mass is 491 g/mol. The predicted octanol–water partition coefficient (Wildman–Crippen LogP) is 3.13. The average Bonchev–Trinajstić information content (AvgIpc) is 2.83. The molecule has 36 heavy (non-hydrogen) atoms. The first-order chi connectivity index (χ1) is 16.8. The van der Waals surface area contributed by atoms with E-state index in [-0.39, 0.29) is 11.3 Å². The quantitative estimate of drug-likeness (QED) is 0.552. The Morgan fingerprint density at radius 1 is 0.556 bits per heavy atom. The Morgan fingerprint density at radius 2 is 1.03 bits per heavy atom. The summed E-state index contributed by atoms with van der Waals surface area (Å²) in [5.41, 5.74) is -11.7. The van der Waals surface area contributed by atoms with Gasteiger partial charge in [0.15, 0.2) is 0 Å². The summed E-state index contributed by atoms with van der Waals surface area (Å²) >= 11 is 0. The van der Waals surface area contributed by atoms with Crippen LogP contribution in [0.5, 0.6) is 0 Å². The third kappa shape index (κ3) is 4.48. The average molecular weight is 491 g/mol. The lowest BCUT2D eigenvalue weighted by Gasteiger charge is -2.20. The van der Waals surface area contributed by atoms with E-state index in [0.717, 1.165) is 24.3 Å². The normalized spacial score (nSPS) is 11.3. The Morgan fingerprint density at radius 3 is 1.42 bits per heavy atom. The maximum absolute atomic E-state index is 13.8. The summed E-state index contributed by atoms with van der Waals surface area (Å²) in [6, 6.07) is 11.3. The van der Waals surface area contributed by atoms with Crippen LogP contribution in [0, 0.1) is 79.3 Å². The van der Waals surface area contributed by atoms with Gasteiger partial charge in [0.25, 0.3) is 0 Å². The highest BCUT2D eigenvalue weighted by molar-refractivity contribution is 5.84. The van der Waals surface area contributed by atoms with Crippen molar-refractivity contribution in [1.29, 1.82) is 36.8 Å². The number of hydrogen-bond acceptors (Lipinski definition) is 7. The minimum atomic E-state index is -5.79. The Labute approximate surface area is 197 Å². The van der Waals surface area contributed by atoms with Gasteiger partial charge >= 0.3 is 12.4 Å². The number of hydrogen-bond donors (Lipinski definition) is 0. The molecule has 0 saturated heterocycles. The van der Waals surface area contributed by atoms with Gasteiger partial charge in [0, 0.05) is 16.0 Å². The lowest BCUT2D eigenvalue weighted by Crippen LogP contribution is -2.24. The van der Waals surface area contributed by atoms with Crippen LogP contribution in [-0.2, 0) is 12.4 Å². The molecule has 172 valence electrons. The fourth-order valence-corrected chi connectivity index (χ4v) is 3.27. The van der Waals surface area contributed by atoms with Crippen LogP contribution in [0.15, 0.2) is 18.2 Å². The van der Waals surface area contributed by atoms with Crippen LogP contribution in [0.3, 0.4) is 0 Å². The zero-order chi connectivity index (χ0) is 27.4. The van der Waals surface area contributed by atoms with Crippen molar-refractivity contribution in [2.24, 2.45) is 0 Å². The van der Waals surface area contributed by atoms with E-state index < -0.39 is 67.7 Å². The maximum Gasteiger partial charge on any atom is 0.418 e. The second-order valence-corrected chi connectivity index (χ2v) is 6.57. The summed E-state index contributed by atoms with van der Waals surface area (Å²) in [7, 11) is 0. The van der Waals surface area contributed by atoms with Crippen molar-refractivity contribution in [2.45, 2.75) is 12.4 Å². The highest BCUT2D eigenvalue weighted by Crippen LogP contribution is 2.45. The molecular weight excluding hydrogens is 488 g/mol. The molecule has 0 atom stereocenters. The van der Waals surface area contributed by atoms with Crippen molar-refractivity contribution >= 4 is 11.1 Å². The van der Waals surface area contributed by atoms with E-state index in [9.17, 15) is 47.4 Å². The number of halogens is 6. The van der Waals surface area contributed by atoms with Gasteiger partial charge in [-0.2, -0.15) is 63.2 Å². The summed E-state index contributed by atoms with van der Waals surface area (Å²) in [4.78, 5) is 0. The molecule has 0 fully saturated rings.